The van der Waals surface area contributed by atoms with Crippen LogP contribution >= 0.6 is 0 Å². The van der Waals surface area contributed by atoms with Crippen molar-refractivity contribution in [1.29, 1.82) is 0 Å². The van der Waals surface area contributed by atoms with Crippen LogP contribution in [0, 0.1) is 0 Å². The average Bonchev–Trinajstić information content (AvgIpc) is 0.814. The molecule has 89 heavy (non-hydrogen) atoms. The molecule has 2 unspecified atom stereocenters. The number of piperidine rings is 4. The highest BCUT2D eigenvalue weighted by Crippen LogP contribution is 2.46. The third kappa shape index (κ3) is 19.7. The Hall–Kier alpha value is -4.59. The molecular weight excluding hydrogens is 1100 g/mol. The molecule has 0 saturated carbocycles. The van der Waals surface area contributed by atoms with E-state index in [0.29, 0.717) is 25.2 Å². The lowest BCUT2D eigenvalue weighted by atomic mass is 9.81. The van der Waals surface area contributed by atoms with Gasteiger partial charge in [0.15, 0.2) is 0 Å². The van der Waals surface area contributed by atoms with Crippen LogP contribution in [0.15, 0.2) is 152 Å². The van der Waals surface area contributed by atoms with Gasteiger partial charge in [0.05, 0.1) is 12.2 Å². The maximum Gasteiger partial charge on any atom is 0.137 e. The van der Waals surface area contributed by atoms with Gasteiger partial charge in [0, 0.05) is 57.2 Å². The summed E-state index contributed by atoms with van der Waals surface area (Å²) < 4.78 is 6.07. The SMILES string of the molecule is CC(C)(C)OCC(ON1C(C)(C)CCCC1(C)C)c1ccccc1.CC(C)(ON1C(C)(C)CCCC1(C)C)c1ccccc1.CC(ON1C(C)(C)CC(=O)CC1(C)C)(c1ccccc1)c1ccccc1.CC(ON1C(C)(C)CCCC1(C)C)c1ccccc1. The number of Topliss-reactive ketones (excluding diaryl/α,β-unsaturated/α-hetero) is 1. The molecule has 4 fully saturated rings. The molecule has 0 radical (unpaired) electrons. The maximum absolute atomic E-state index is 12.3. The molecular formula is C79H120N4O6. The van der Waals surface area contributed by atoms with Crippen LogP contribution in [-0.2, 0) is 40.1 Å². The minimum Gasteiger partial charge on any atom is -0.373 e. The van der Waals surface area contributed by atoms with Crippen molar-refractivity contribution in [3.05, 3.63) is 179 Å². The van der Waals surface area contributed by atoms with Gasteiger partial charge in [0.1, 0.15) is 29.2 Å². The van der Waals surface area contributed by atoms with E-state index < -0.39 is 5.60 Å². The van der Waals surface area contributed by atoms with Crippen LogP contribution in [0.1, 0.15) is 270 Å². The molecule has 0 N–H and O–H groups in total. The molecule has 4 aliphatic heterocycles. The zero-order valence-electron chi connectivity index (χ0n) is 59.8. The molecule has 0 aromatic heterocycles. The van der Waals surface area contributed by atoms with E-state index in [2.05, 4.69) is 277 Å². The zero-order chi connectivity index (χ0) is 66.1. The Morgan fingerprint density at radius 2 is 0.685 bits per heavy atom. The number of carbonyl (C=O) groups excluding carboxylic acids is 1. The number of ether oxygens (including phenoxy) is 1. The molecule has 2 atom stereocenters. The highest BCUT2D eigenvalue weighted by Gasteiger charge is 2.51. The Morgan fingerprint density at radius 1 is 0.382 bits per heavy atom. The van der Waals surface area contributed by atoms with Gasteiger partial charge in [0.25, 0.3) is 0 Å². The number of rotatable bonds is 15. The highest BCUT2D eigenvalue weighted by atomic mass is 16.7. The normalized spacial score (nSPS) is 22.1. The summed E-state index contributed by atoms with van der Waals surface area (Å²) in [5.41, 5.74) is 4.34. The second-order valence-electron chi connectivity index (χ2n) is 32.5. The second kappa shape index (κ2) is 29.1. The minimum atomic E-state index is -0.641. The van der Waals surface area contributed by atoms with Gasteiger partial charge in [-0.05, 0) is 245 Å². The molecule has 4 saturated heterocycles. The van der Waals surface area contributed by atoms with E-state index in [9.17, 15) is 4.79 Å². The standard InChI is InChI=1S/C23H29NO2.C21H35NO2.C18H29NO.C17H27NO/c1-21(2)16-20(25)17-22(3,4)24(21)26-23(5,18-12-8-6-9-13-18)19-14-10-7-11-15-19;1-19(2,3)23-16-18(17-12-9-8-10-13-17)24-22-20(4,5)14-11-15-21(22,6)7;1-16(2)13-10-14-17(3,4)19(16)20-18(5,6)15-11-8-7-9-12-15;1-14(15-10-7-6-8-11-15)19-18-16(2,3)12-9-13-17(18,4)5/h6-15H,16-17H2,1-5H3;8-10,12-13,18H,11,14-16H2,1-7H3;7-9,11-12H,10,13-14H2,1-6H3;6-8,10-11,14H,9,12-13H2,1-5H3. The molecule has 4 heterocycles. The molecule has 492 valence electrons. The third-order valence-corrected chi connectivity index (χ3v) is 18.7. The van der Waals surface area contributed by atoms with Crippen molar-refractivity contribution >= 4 is 5.78 Å². The minimum absolute atomic E-state index is 0.0243. The Labute approximate surface area is 541 Å². The first-order chi connectivity index (χ1) is 41.1. The van der Waals surface area contributed by atoms with Gasteiger partial charge in [-0.15, -0.1) is 0 Å². The second-order valence-corrected chi connectivity index (χ2v) is 32.5. The lowest BCUT2D eigenvalue weighted by Crippen LogP contribution is -2.62. The largest absolute Gasteiger partial charge is 0.373 e. The van der Waals surface area contributed by atoms with Crippen molar-refractivity contribution in [2.24, 2.45) is 0 Å². The quantitative estimate of drug-likeness (QED) is 0.101. The molecule has 4 aliphatic rings. The first-order valence-corrected chi connectivity index (χ1v) is 33.5. The van der Waals surface area contributed by atoms with E-state index in [0.717, 1.165) is 24.0 Å². The number of nitrogens with zero attached hydrogens (tertiary/aromatic N) is 4. The van der Waals surface area contributed by atoms with Crippen molar-refractivity contribution in [3.8, 4) is 0 Å². The molecule has 0 amide bonds. The lowest BCUT2D eigenvalue weighted by molar-refractivity contribution is -0.333. The summed E-state index contributed by atoms with van der Waals surface area (Å²) in [5.74, 6) is 0.293. The Balaban J connectivity index is 0.000000191. The summed E-state index contributed by atoms with van der Waals surface area (Å²) in [5, 5.41) is 8.77. The van der Waals surface area contributed by atoms with E-state index in [1.54, 1.807) is 0 Å². The van der Waals surface area contributed by atoms with Gasteiger partial charge < -0.3 is 4.74 Å². The summed E-state index contributed by atoms with van der Waals surface area (Å²) in [6.07, 6.45) is 11.8. The summed E-state index contributed by atoms with van der Waals surface area (Å²) >= 11 is 0. The van der Waals surface area contributed by atoms with Crippen molar-refractivity contribution in [3.63, 3.8) is 0 Å². The first-order valence-electron chi connectivity index (χ1n) is 33.5. The molecule has 5 aromatic rings. The Kier molecular flexibility index (Phi) is 24.1. The molecule has 0 aliphatic carbocycles. The van der Waals surface area contributed by atoms with Crippen LogP contribution in [-0.4, -0.2) is 82.6 Å². The predicted octanol–water partition coefficient (Wildman–Crippen LogP) is 20.2. The number of hydrogen-bond acceptors (Lipinski definition) is 10. The van der Waals surface area contributed by atoms with Gasteiger partial charge in [-0.2, -0.15) is 20.3 Å². The van der Waals surface area contributed by atoms with Crippen molar-refractivity contribution < 1.29 is 28.9 Å². The topological polar surface area (TPSA) is 76.2 Å². The smallest absolute Gasteiger partial charge is 0.137 e. The summed E-state index contributed by atoms with van der Waals surface area (Å²) in [6, 6.07) is 51.9. The number of ketones is 1. The first kappa shape index (κ1) is 73.5. The lowest BCUT2D eigenvalue weighted by Gasteiger charge is -2.53. The van der Waals surface area contributed by atoms with Crippen LogP contribution in [0.25, 0.3) is 0 Å². The van der Waals surface area contributed by atoms with Crippen molar-refractivity contribution in [2.45, 2.75) is 303 Å². The van der Waals surface area contributed by atoms with Gasteiger partial charge in [-0.1, -0.05) is 152 Å². The highest BCUT2D eigenvalue weighted by molar-refractivity contribution is 5.81. The fourth-order valence-corrected chi connectivity index (χ4v) is 14.3. The van der Waals surface area contributed by atoms with Gasteiger partial charge in [-0.3, -0.25) is 24.1 Å². The molecule has 5 aromatic carbocycles. The monoisotopic (exact) mass is 1220 g/mol. The average molecular weight is 1220 g/mol. The molecule has 0 spiro atoms. The molecule has 0 bridgehead atoms. The van der Waals surface area contributed by atoms with E-state index >= 15 is 0 Å². The fourth-order valence-electron chi connectivity index (χ4n) is 14.3. The van der Waals surface area contributed by atoms with Crippen LogP contribution in [0.4, 0.5) is 0 Å². The van der Waals surface area contributed by atoms with Crippen LogP contribution in [0.3, 0.4) is 0 Å². The molecule has 10 heteroatoms. The Morgan fingerprint density at radius 3 is 1.04 bits per heavy atom. The fraction of sp³-hybridized carbons (Fsp3) is 0.608. The zero-order valence-corrected chi connectivity index (χ0v) is 59.8. The maximum atomic E-state index is 12.3. The van der Waals surface area contributed by atoms with Crippen LogP contribution < -0.4 is 0 Å². The van der Waals surface area contributed by atoms with Crippen LogP contribution in [0.2, 0.25) is 0 Å². The summed E-state index contributed by atoms with van der Waals surface area (Å²) in [4.78, 5) is 38.6. The third-order valence-electron chi connectivity index (χ3n) is 18.7. The Bertz CT molecular complexity index is 2820. The van der Waals surface area contributed by atoms with E-state index in [1.807, 2.05) is 54.6 Å². The molecule has 9 rings (SSSR count). The van der Waals surface area contributed by atoms with Gasteiger partial charge in [0.2, 0.25) is 0 Å². The number of carbonyl (C=O) groups is 1. The molecule has 10 nitrogen and oxygen atoms in total. The number of hydrogen-bond donors (Lipinski definition) is 0. The van der Waals surface area contributed by atoms with E-state index in [-0.39, 0.29) is 67.7 Å². The summed E-state index contributed by atoms with van der Waals surface area (Å²) in [6.45, 7) is 51.1. The summed E-state index contributed by atoms with van der Waals surface area (Å²) in [7, 11) is 0. The predicted molar refractivity (Wildman–Crippen MR) is 369 cm³/mol. The van der Waals surface area contributed by atoms with Crippen LogP contribution in [0.5, 0.6) is 0 Å². The van der Waals surface area contributed by atoms with Gasteiger partial charge in [-0.25, -0.2) is 0 Å². The number of hydroxylamine groups is 8. The van der Waals surface area contributed by atoms with E-state index in [1.165, 1.54) is 61.6 Å². The van der Waals surface area contributed by atoms with Crippen molar-refractivity contribution in [1.82, 2.24) is 20.3 Å². The van der Waals surface area contributed by atoms with Gasteiger partial charge >= 0.3 is 0 Å². The van der Waals surface area contributed by atoms with Crippen molar-refractivity contribution in [2.75, 3.05) is 6.61 Å². The van der Waals surface area contributed by atoms with E-state index in [4.69, 9.17) is 24.1 Å². The number of benzene rings is 5.